The maximum absolute atomic E-state index is 12.8. The molecule has 0 unspecified atom stereocenters. The third-order valence-corrected chi connectivity index (χ3v) is 6.20. The van der Waals surface area contributed by atoms with Crippen LogP contribution >= 0.6 is 12.2 Å². The largest absolute Gasteiger partial charge is 0.493 e. The monoisotopic (exact) mass is 511 g/mol. The normalized spacial score (nSPS) is 11.4. The Morgan fingerprint density at radius 1 is 0.972 bits per heavy atom. The van der Waals surface area contributed by atoms with E-state index in [1.807, 2.05) is 49.4 Å². The number of anilines is 1. The van der Waals surface area contributed by atoms with E-state index in [2.05, 4.69) is 5.32 Å². The average molecular weight is 512 g/mol. The number of hydrogen-bond donors (Lipinski definition) is 2. The summed E-state index contributed by atoms with van der Waals surface area (Å²) < 4.78 is 42.0. The number of amides is 1. The summed E-state index contributed by atoms with van der Waals surface area (Å²) in [6.45, 7) is 2.43. The molecular formula is C27H24F3N3O2S. The van der Waals surface area contributed by atoms with E-state index in [1.165, 1.54) is 16.7 Å². The quantitative estimate of drug-likeness (QED) is 0.280. The molecule has 0 saturated carbocycles. The number of rotatable bonds is 7. The number of alkyl halides is 3. The summed E-state index contributed by atoms with van der Waals surface area (Å²) in [6.07, 6.45) is -4.05. The summed E-state index contributed by atoms with van der Waals surface area (Å²) in [5, 5.41) is 13.7. The number of carbonyl (C=O) groups excluding carboxylic acids is 1. The van der Waals surface area contributed by atoms with Gasteiger partial charge in [-0.3, -0.25) is 9.36 Å². The van der Waals surface area contributed by atoms with Crippen molar-refractivity contribution in [1.29, 1.82) is 0 Å². The number of benzene rings is 3. The molecule has 0 aliphatic carbocycles. The summed E-state index contributed by atoms with van der Waals surface area (Å²) in [6, 6.07) is 21.3. The zero-order valence-electron chi connectivity index (χ0n) is 19.4. The summed E-state index contributed by atoms with van der Waals surface area (Å²) in [4.78, 5) is 12.8. The number of nitrogens with zero attached hydrogens (tertiary/aromatic N) is 2. The zero-order chi connectivity index (χ0) is 25.9. The maximum Gasteiger partial charge on any atom is 0.416 e. The predicted octanol–water partition coefficient (Wildman–Crippen LogP) is 6.47. The van der Waals surface area contributed by atoms with Gasteiger partial charge in [-0.15, -0.1) is 0 Å². The van der Waals surface area contributed by atoms with Gasteiger partial charge in [0.15, 0.2) is 4.77 Å². The smallest absolute Gasteiger partial charge is 0.416 e. The highest BCUT2D eigenvalue weighted by molar-refractivity contribution is 7.71. The van der Waals surface area contributed by atoms with Crippen molar-refractivity contribution in [1.82, 2.24) is 9.13 Å². The van der Waals surface area contributed by atoms with Gasteiger partial charge in [0, 0.05) is 12.2 Å². The Labute approximate surface area is 211 Å². The van der Waals surface area contributed by atoms with Crippen molar-refractivity contribution < 1.29 is 23.1 Å². The lowest BCUT2D eigenvalue weighted by Crippen LogP contribution is -2.17. The molecule has 0 radical (unpaired) electrons. The molecule has 1 amide bonds. The first-order valence-electron chi connectivity index (χ1n) is 11.2. The summed E-state index contributed by atoms with van der Waals surface area (Å²) >= 11 is 5.68. The van der Waals surface area contributed by atoms with Gasteiger partial charge in [0.05, 0.1) is 23.4 Å². The fraction of sp³-hybridized carbons (Fsp3) is 0.185. The van der Waals surface area contributed by atoms with Gasteiger partial charge in [-0.25, -0.2) is 0 Å². The number of hydrogen-bond acceptors (Lipinski definition) is 3. The molecule has 0 spiro atoms. The van der Waals surface area contributed by atoms with E-state index in [0.29, 0.717) is 29.1 Å². The number of aromatic nitrogens is 2. The molecule has 9 heteroatoms. The van der Waals surface area contributed by atoms with Gasteiger partial charge in [0.1, 0.15) is 0 Å². The van der Waals surface area contributed by atoms with Crippen molar-refractivity contribution in [3.05, 3.63) is 106 Å². The molecule has 0 aliphatic heterocycles. The first-order valence-corrected chi connectivity index (χ1v) is 11.7. The fourth-order valence-corrected chi connectivity index (χ4v) is 4.28. The van der Waals surface area contributed by atoms with Crippen LogP contribution in [-0.4, -0.2) is 20.1 Å². The molecule has 2 N–H and O–H groups in total. The molecule has 3 aromatic carbocycles. The number of aryl methyl sites for hydroxylation is 2. The highest BCUT2D eigenvalue weighted by Crippen LogP contribution is 2.30. The van der Waals surface area contributed by atoms with Gasteiger partial charge in [-0.1, -0.05) is 48.0 Å². The van der Waals surface area contributed by atoms with Gasteiger partial charge in [-0.05, 0) is 67.5 Å². The van der Waals surface area contributed by atoms with Crippen LogP contribution < -0.4 is 5.32 Å². The van der Waals surface area contributed by atoms with Crippen LogP contribution in [0.1, 0.15) is 22.4 Å². The molecule has 4 rings (SSSR count). The predicted molar refractivity (Wildman–Crippen MR) is 135 cm³/mol. The van der Waals surface area contributed by atoms with Crippen molar-refractivity contribution in [2.45, 2.75) is 32.5 Å². The molecule has 0 aliphatic rings. The third-order valence-electron chi connectivity index (χ3n) is 5.80. The third kappa shape index (κ3) is 5.68. The van der Waals surface area contributed by atoms with E-state index in [0.717, 1.165) is 23.3 Å². The molecule has 1 aromatic heterocycles. The second-order valence-corrected chi connectivity index (χ2v) is 8.78. The molecule has 0 fully saturated rings. The Morgan fingerprint density at radius 3 is 2.22 bits per heavy atom. The van der Waals surface area contributed by atoms with Crippen LogP contribution in [-0.2, 0) is 30.4 Å². The molecule has 0 saturated heterocycles. The molecule has 4 aromatic rings. The van der Waals surface area contributed by atoms with E-state index in [4.69, 9.17) is 12.2 Å². The summed E-state index contributed by atoms with van der Waals surface area (Å²) in [7, 11) is 0. The highest BCUT2D eigenvalue weighted by Gasteiger charge is 2.30. The first kappa shape index (κ1) is 25.2. The van der Waals surface area contributed by atoms with Crippen LogP contribution in [0.25, 0.3) is 5.69 Å². The van der Waals surface area contributed by atoms with Crippen molar-refractivity contribution in [2.75, 3.05) is 5.32 Å². The van der Waals surface area contributed by atoms with Crippen LogP contribution in [0.15, 0.2) is 78.9 Å². The Kier molecular flexibility index (Phi) is 7.30. The Morgan fingerprint density at radius 2 is 1.61 bits per heavy atom. The number of carbonyl (C=O) groups is 1. The van der Waals surface area contributed by atoms with Gasteiger partial charge in [-0.2, -0.15) is 13.2 Å². The van der Waals surface area contributed by atoms with Gasteiger partial charge in [0.2, 0.25) is 11.8 Å². The Bertz CT molecular complexity index is 1410. The maximum atomic E-state index is 12.8. The van der Waals surface area contributed by atoms with Crippen LogP contribution in [0.2, 0.25) is 0 Å². The van der Waals surface area contributed by atoms with E-state index in [-0.39, 0.29) is 18.0 Å². The Hall–Kier alpha value is -3.85. The Balaban J connectivity index is 1.62. The van der Waals surface area contributed by atoms with Crippen molar-refractivity contribution >= 4 is 23.8 Å². The molecule has 36 heavy (non-hydrogen) atoms. The number of imidazole rings is 1. The topological polar surface area (TPSA) is 59.2 Å². The fourth-order valence-electron chi connectivity index (χ4n) is 3.89. The molecule has 5 nitrogen and oxygen atoms in total. The second kappa shape index (κ2) is 10.4. The van der Waals surface area contributed by atoms with Crippen LogP contribution in [0, 0.1) is 11.7 Å². The minimum absolute atomic E-state index is 0.155. The average Bonchev–Trinajstić information content (AvgIpc) is 3.07. The van der Waals surface area contributed by atoms with Crippen LogP contribution in [0.3, 0.4) is 0 Å². The van der Waals surface area contributed by atoms with Gasteiger partial charge in [0.25, 0.3) is 0 Å². The van der Waals surface area contributed by atoms with Crippen molar-refractivity contribution in [3.8, 4) is 11.6 Å². The number of nitrogens with one attached hydrogen (secondary N) is 1. The first-order chi connectivity index (χ1) is 17.1. The second-order valence-electron chi connectivity index (χ2n) is 8.41. The minimum Gasteiger partial charge on any atom is -0.493 e. The number of halogens is 3. The van der Waals surface area contributed by atoms with Crippen molar-refractivity contribution in [3.63, 3.8) is 0 Å². The van der Waals surface area contributed by atoms with Crippen LogP contribution in [0.4, 0.5) is 18.9 Å². The highest BCUT2D eigenvalue weighted by atomic mass is 32.1. The lowest BCUT2D eigenvalue weighted by atomic mass is 10.1. The standard InChI is InChI=1S/C27H24F3N3O2S/c1-18-7-9-19(10-8-18)15-16-32-23(25(35)33(26(32)36)22-5-3-2-4-6-22)17-24(34)31-21-13-11-20(12-14-21)27(28,29)30/h2-14,35H,15-17H2,1H3,(H,31,34). The van der Waals surface area contributed by atoms with Gasteiger partial charge < -0.3 is 15.0 Å². The SMILES string of the molecule is Cc1ccc(CCn2c(CC(=O)Nc3ccc(C(F)(F)F)cc3)c(O)n(-c3ccccc3)c2=S)cc1. The van der Waals surface area contributed by atoms with Gasteiger partial charge >= 0.3 is 6.18 Å². The lowest BCUT2D eigenvalue weighted by molar-refractivity contribution is -0.137. The van der Waals surface area contributed by atoms with Crippen molar-refractivity contribution in [2.24, 2.45) is 0 Å². The molecule has 0 bridgehead atoms. The van der Waals surface area contributed by atoms with E-state index >= 15 is 0 Å². The van der Waals surface area contributed by atoms with E-state index < -0.39 is 17.6 Å². The minimum atomic E-state index is -4.46. The van der Waals surface area contributed by atoms with Crippen LogP contribution in [0.5, 0.6) is 5.88 Å². The lowest BCUT2D eigenvalue weighted by Gasteiger charge is -2.11. The molecular weight excluding hydrogens is 487 g/mol. The molecule has 1 heterocycles. The number of aromatic hydroxyl groups is 1. The molecule has 0 atom stereocenters. The summed E-state index contributed by atoms with van der Waals surface area (Å²) in [5.74, 6) is -0.646. The number of para-hydroxylation sites is 1. The van der Waals surface area contributed by atoms with E-state index in [1.54, 1.807) is 16.7 Å². The molecule has 186 valence electrons. The summed E-state index contributed by atoms with van der Waals surface area (Å²) in [5.41, 5.74) is 2.61. The zero-order valence-corrected chi connectivity index (χ0v) is 20.2. The van der Waals surface area contributed by atoms with E-state index in [9.17, 15) is 23.1 Å².